The molecule has 2 aromatic carbocycles. The van der Waals surface area contributed by atoms with E-state index in [1.807, 2.05) is 41.1 Å². The molecule has 5 rings (SSSR count). The number of hydrogen-bond donors (Lipinski definition) is 0. The summed E-state index contributed by atoms with van der Waals surface area (Å²) in [4.78, 5) is 9.33. The minimum absolute atomic E-state index is 0.638. The van der Waals surface area contributed by atoms with Gasteiger partial charge in [0.15, 0.2) is 17.1 Å². The van der Waals surface area contributed by atoms with Crippen LogP contribution >= 0.6 is 0 Å². The number of aromatic nitrogens is 6. The third-order valence-corrected chi connectivity index (χ3v) is 4.85. The summed E-state index contributed by atoms with van der Waals surface area (Å²) >= 11 is 0. The fourth-order valence-electron chi connectivity index (χ4n) is 3.38. The predicted octanol–water partition coefficient (Wildman–Crippen LogP) is 3.70. The molecule has 0 spiro atoms. The smallest absolute Gasteiger partial charge is 0.182 e. The second-order valence-corrected chi connectivity index (χ2v) is 6.45. The van der Waals surface area contributed by atoms with Crippen molar-refractivity contribution < 1.29 is 4.74 Å². The Hall–Kier alpha value is -3.74. The summed E-state index contributed by atoms with van der Waals surface area (Å²) in [6, 6.07) is 15.9. The Morgan fingerprint density at radius 3 is 2.61 bits per heavy atom. The number of aryl methyl sites for hydroxylation is 1. The first-order valence-corrected chi connectivity index (χ1v) is 9.10. The van der Waals surface area contributed by atoms with Gasteiger partial charge in [-0.3, -0.25) is 0 Å². The van der Waals surface area contributed by atoms with Crippen molar-refractivity contribution in [2.75, 3.05) is 7.11 Å². The maximum atomic E-state index is 5.22. The normalized spacial score (nSPS) is 11.4. The van der Waals surface area contributed by atoms with Gasteiger partial charge < -0.3 is 4.74 Å². The topological polar surface area (TPSA) is 70.1 Å². The molecule has 0 aliphatic heterocycles. The van der Waals surface area contributed by atoms with Crippen LogP contribution < -0.4 is 4.74 Å². The molecular formula is C21H18N6O. The molecule has 0 fully saturated rings. The van der Waals surface area contributed by atoms with E-state index in [4.69, 9.17) is 9.72 Å². The molecular weight excluding hydrogens is 352 g/mol. The molecule has 138 valence electrons. The Kier molecular flexibility index (Phi) is 3.79. The zero-order valence-corrected chi connectivity index (χ0v) is 15.6. The Labute approximate surface area is 161 Å². The molecule has 0 aliphatic carbocycles. The molecule has 3 aromatic heterocycles. The third kappa shape index (κ3) is 2.51. The van der Waals surface area contributed by atoms with Gasteiger partial charge in [0.05, 0.1) is 24.4 Å². The van der Waals surface area contributed by atoms with Crippen LogP contribution in [0.5, 0.6) is 5.75 Å². The largest absolute Gasteiger partial charge is 0.497 e. The summed E-state index contributed by atoms with van der Waals surface area (Å²) in [5.74, 6) is 1.44. The van der Waals surface area contributed by atoms with E-state index in [1.165, 1.54) is 5.56 Å². The van der Waals surface area contributed by atoms with Gasteiger partial charge in [0, 0.05) is 5.56 Å². The monoisotopic (exact) mass is 370 g/mol. The lowest BCUT2D eigenvalue weighted by Gasteiger charge is -2.08. The molecule has 0 amide bonds. The first-order valence-electron chi connectivity index (χ1n) is 9.10. The standard InChI is InChI=1S/C21H18N6O/c1-3-14-6-4-5-7-18(14)27-20-17(12-23-27)21-24-19(25-26(21)13-22-20)15-8-10-16(28-2)11-9-15/h4-13H,3H2,1-2H3. The van der Waals surface area contributed by atoms with Crippen molar-refractivity contribution in [3.05, 3.63) is 66.6 Å². The van der Waals surface area contributed by atoms with Crippen molar-refractivity contribution in [2.24, 2.45) is 0 Å². The summed E-state index contributed by atoms with van der Waals surface area (Å²) < 4.78 is 8.78. The van der Waals surface area contributed by atoms with Crippen LogP contribution in [0.25, 0.3) is 33.8 Å². The molecule has 0 radical (unpaired) electrons. The maximum absolute atomic E-state index is 5.22. The number of rotatable bonds is 4. The van der Waals surface area contributed by atoms with Gasteiger partial charge in [-0.05, 0) is 42.3 Å². The highest BCUT2D eigenvalue weighted by Crippen LogP contribution is 2.25. The van der Waals surface area contributed by atoms with Crippen molar-refractivity contribution in [3.63, 3.8) is 0 Å². The van der Waals surface area contributed by atoms with Crippen molar-refractivity contribution in [1.29, 1.82) is 0 Å². The van der Waals surface area contributed by atoms with E-state index in [9.17, 15) is 0 Å². The molecule has 0 N–H and O–H groups in total. The second-order valence-electron chi connectivity index (χ2n) is 6.45. The van der Waals surface area contributed by atoms with E-state index < -0.39 is 0 Å². The summed E-state index contributed by atoms with van der Waals surface area (Å²) in [6.07, 6.45) is 4.41. The van der Waals surface area contributed by atoms with Gasteiger partial charge in [-0.2, -0.15) is 5.10 Å². The zero-order chi connectivity index (χ0) is 19.1. The van der Waals surface area contributed by atoms with Crippen molar-refractivity contribution >= 4 is 16.7 Å². The van der Waals surface area contributed by atoms with Crippen LogP contribution in [0.3, 0.4) is 0 Å². The highest BCUT2D eigenvalue weighted by atomic mass is 16.5. The molecule has 0 atom stereocenters. The van der Waals surface area contributed by atoms with Gasteiger partial charge in [0.25, 0.3) is 0 Å². The maximum Gasteiger partial charge on any atom is 0.182 e. The lowest BCUT2D eigenvalue weighted by atomic mass is 10.1. The van der Waals surface area contributed by atoms with Crippen LogP contribution in [-0.2, 0) is 6.42 Å². The molecule has 0 unspecified atom stereocenters. The first kappa shape index (κ1) is 16.4. The second kappa shape index (κ2) is 6.45. The van der Waals surface area contributed by atoms with Crippen molar-refractivity contribution in [3.8, 4) is 22.8 Å². The van der Waals surface area contributed by atoms with Gasteiger partial charge in [-0.1, -0.05) is 25.1 Å². The van der Waals surface area contributed by atoms with Crippen LogP contribution in [0.2, 0.25) is 0 Å². The summed E-state index contributed by atoms with van der Waals surface area (Å²) in [6.45, 7) is 2.13. The number of benzene rings is 2. The minimum atomic E-state index is 0.638. The van der Waals surface area contributed by atoms with Gasteiger partial charge in [-0.15, -0.1) is 5.10 Å². The summed E-state index contributed by atoms with van der Waals surface area (Å²) in [5.41, 5.74) is 4.67. The van der Waals surface area contributed by atoms with E-state index in [1.54, 1.807) is 24.1 Å². The molecule has 28 heavy (non-hydrogen) atoms. The van der Waals surface area contributed by atoms with E-state index in [2.05, 4.69) is 34.2 Å². The molecule has 7 heteroatoms. The summed E-state index contributed by atoms with van der Waals surface area (Å²) in [7, 11) is 1.65. The number of methoxy groups -OCH3 is 1. The Balaban J connectivity index is 1.66. The van der Waals surface area contributed by atoms with E-state index in [0.717, 1.165) is 40.1 Å². The van der Waals surface area contributed by atoms with Crippen molar-refractivity contribution in [1.82, 2.24) is 29.4 Å². The Morgan fingerprint density at radius 2 is 1.82 bits per heavy atom. The van der Waals surface area contributed by atoms with Crippen LogP contribution in [0.1, 0.15) is 12.5 Å². The first-order chi connectivity index (χ1) is 13.8. The van der Waals surface area contributed by atoms with E-state index in [-0.39, 0.29) is 0 Å². The SMILES string of the molecule is CCc1ccccc1-n1ncc2c1ncn1nc(-c3ccc(OC)cc3)nc21. The molecule has 0 saturated heterocycles. The number of fused-ring (bicyclic) bond motifs is 3. The van der Waals surface area contributed by atoms with Crippen LogP contribution in [0.15, 0.2) is 61.1 Å². The highest BCUT2D eigenvalue weighted by Gasteiger charge is 2.15. The number of ether oxygens (including phenoxy) is 1. The Morgan fingerprint density at radius 1 is 1.00 bits per heavy atom. The molecule has 0 bridgehead atoms. The average Bonchev–Trinajstić information content (AvgIpc) is 3.37. The molecule has 0 saturated carbocycles. The molecule has 0 aliphatic rings. The highest BCUT2D eigenvalue weighted by molar-refractivity contribution is 5.90. The van der Waals surface area contributed by atoms with Crippen LogP contribution in [-0.4, -0.2) is 36.5 Å². The van der Waals surface area contributed by atoms with E-state index >= 15 is 0 Å². The van der Waals surface area contributed by atoms with Crippen LogP contribution in [0.4, 0.5) is 0 Å². The predicted molar refractivity (Wildman–Crippen MR) is 107 cm³/mol. The van der Waals surface area contributed by atoms with Crippen LogP contribution in [0, 0.1) is 0 Å². The fraction of sp³-hybridized carbons (Fsp3) is 0.143. The molecule has 5 aromatic rings. The summed E-state index contributed by atoms with van der Waals surface area (Å²) in [5, 5.41) is 10.0. The van der Waals surface area contributed by atoms with Gasteiger partial charge in [0.2, 0.25) is 0 Å². The van der Waals surface area contributed by atoms with Gasteiger partial charge in [0.1, 0.15) is 12.1 Å². The van der Waals surface area contributed by atoms with E-state index in [0.29, 0.717) is 5.82 Å². The number of nitrogens with zero attached hydrogens (tertiary/aromatic N) is 6. The van der Waals surface area contributed by atoms with Gasteiger partial charge in [-0.25, -0.2) is 19.2 Å². The fourth-order valence-corrected chi connectivity index (χ4v) is 3.38. The Bertz CT molecular complexity index is 1290. The average molecular weight is 370 g/mol. The number of para-hydroxylation sites is 1. The zero-order valence-electron chi connectivity index (χ0n) is 15.6. The third-order valence-electron chi connectivity index (χ3n) is 4.85. The number of hydrogen-bond acceptors (Lipinski definition) is 5. The lowest BCUT2D eigenvalue weighted by molar-refractivity contribution is 0.415. The lowest BCUT2D eigenvalue weighted by Crippen LogP contribution is -2.02. The van der Waals surface area contributed by atoms with Crippen molar-refractivity contribution in [2.45, 2.75) is 13.3 Å². The quantitative estimate of drug-likeness (QED) is 0.482. The minimum Gasteiger partial charge on any atom is -0.497 e. The van der Waals surface area contributed by atoms with Gasteiger partial charge >= 0.3 is 0 Å². The molecule has 3 heterocycles. The molecule has 7 nitrogen and oxygen atoms in total.